The molecule has 0 unspecified atom stereocenters. The van der Waals surface area contributed by atoms with Crippen molar-refractivity contribution >= 4 is 11.8 Å². The summed E-state index contributed by atoms with van der Waals surface area (Å²) in [4.78, 5) is 24.4. The second kappa shape index (κ2) is 8.52. The number of likely N-dealkylation sites (tertiary alicyclic amines) is 1. The highest BCUT2D eigenvalue weighted by molar-refractivity contribution is 5.81. The van der Waals surface area contributed by atoms with Crippen LogP contribution in [0.4, 0.5) is 13.2 Å². The molecule has 0 aromatic rings. The fourth-order valence-electron chi connectivity index (χ4n) is 2.43. The molecule has 0 bridgehead atoms. The van der Waals surface area contributed by atoms with Crippen LogP contribution in [0.15, 0.2) is 0 Å². The number of hydrogen-bond donors (Lipinski definition) is 2. The fourth-order valence-corrected chi connectivity index (χ4v) is 2.43. The first-order chi connectivity index (χ1) is 11.2. The van der Waals surface area contributed by atoms with Gasteiger partial charge in [-0.1, -0.05) is 13.3 Å². The molecule has 2 N–H and O–H groups in total. The van der Waals surface area contributed by atoms with E-state index in [0.29, 0.717) is 51.6 Å². The molecule has 1 saturated heterocycles. The molecule has 5 nitrogen and oxygen atoms in total. The van der Waals surface area contributed by atoms with Gasteiger partial charge in [-0.05, 0) is 31.1 Å². The smallest absolute Gasteiger partial charge is 0.396 e. The Hall–Kier alpha value is -1.31. The Morgan fingerprint density at radius 3 is 2.43 bits per heavy atom. The van der Waals surface area contributed by atoms with Gasteiger partial charge in [0.2, 0.25) is 5.91 Å². The van der Waals surface area contributed by atoms with E-state index in [0.717, 1.165) is 0 Å². The largest absolute Gasteiger partial charge is 0.471 e. The highest BCUT2D eigenvalue weighted by Gasteiger charge is 2.38. The van der Waals surface area contributed by atoms with E-state index in [9.17, 15) is 27.9 Å². The van der Waals surface area contributed by atoms with Crippen molar-refractivity contribution in [1.82, 2.24) is 10.2 Å². The van der Waals surface area contributed by atoms with Crippen molar-refractivity contribution in [1.29, 1.82) is 0 Å². The molecule has 0 aromatic heterocycles. The third-order valence-electron chi connectivity index (χ3n) is 4.12. The van der Waals surface area contributed by atoms with E-state index in [1.165, 1.54) is 0 Å². The molecule has 8 heteroatoms. The molecular weight excluding hydrogens is 313 g/mol. The number of aliphatic hydroxyl groups excluding tert-OH is 1. The Balaban J connectivity index is 2.14. The molecule has 134 valence electrons. The van der Waals surface area contributed by atoms with Crippen molar-refractivity contribution in [2.45, 2.75) is 51.6 Å². The van der Waals surface area contributed by atoms with Crippen LogP contribution in [-0.2, 0) is 9.59 Å². The first kappa shape index (κ1) is 18.0. The summed E-state index contributed by atoms with van der Waals surface area (Å²) in [5.74, 6) is -1.94. The Kier molecular flexibility index (Phi) is 6.68. The normalized spacial score (nSPS) is 18.4. The van der Waals surface area contributed by atoms with Crippen LogP contribution < -0.4 is 5.32 Å². The van der Waals surface area contributed by atoms with Crippen molar-refractivity contribution in [3.05, 3.63) is 0 Å². The molecule has 0 saturated carbocycles. The van der Waals surface area contributed by atoms with Gasteiger partial charge < -0.3 is 15.3 Å². The molecule has 1 fully saturated rings. The van der Waals surface area contributed by atoms with Crippen LogP contribution in [0.25, 0.3) is 0 Å². The summed E-state index contributed by atoms with van der Waals surface area (Å²) in [6, 6.07) is 0. The molecule has 0 aliphatic carbocycles. The number of alkyl halides is 3. The number of unbranched alkanes of at least 4 members (excludes halogenated alkanes) is 2. The van der Waals surface area contributed by atoms with Gasteiger partial charge in [-0.25, -0.2) is 0 Å². The lowest BCUT2D eigenvalue weighted by atomic mass is 9.81. The molecule has 23 heavy (non-hydrogen) atoms. The highest BCUT2D eigenvalue weighted by atomic mass is 19.4. The highest BCUT2D eigenvalue weighted by Crippen LogP contribution is 2.30. The van der Waals surface area contributed by atoms with Crippen LogP contribution in [0.2, 0.25) is 0 Å². The van der Waals surface area contributed by atoms with E-state index < -0.39 is 17.5 Å². The van der Waals surface area contributed by atoms with E-state index in [2.05, 4.69) is 0 Å². The molecule has 0 atom stereocenters. The maximum Gasteiger partial charge on any atom is 0.471 e. The summed E-state index contributed by atoms with van der Waals surface area (Å²) in [5.41, 5.74) is -0.395. The number of piperidine rings is 1. The van der Waals surface area contributed by atoms with E-state index in [-0.39, 0.29) is 26.0 Å². The molecule has 1 aliphatic rings. The summed E-state index contributed by atoms with van der Waals surface area (Å²) in [5, 5.41) is 11.2. The van der Waals surface area contributed by atoms with Gasteiger partial charge in [0.1, 0.15) is 0 Å². The van der Waals surface area contributed by atoms with Gasteiger partial charge in [-0.3, -0.25) is 9.59 Å². The SMILES string of the molecule is [2H]CC1(CO)CCN(C(=O)CCCCCNC(=O)C(F)(F)F)CC1. The number of halogens is 3. The number of carbonyl (C=O) groups excluding carboxylic acids is 2. The van der Waals surface area contributed by atoms with Crippen LogP contribution in [0.3, 0.4) is 0 Å². The predicted octanol–water partition coefficient (Wildman–Crippen LogP) is 1.85. The average molecular weight is 339 g/mol. The van der Waals surface area contributed by atoms with Gasteiger partial charge >= 0.3 is 12.1 Å². The van der Waals surface area contributed by atoms with Crippen LogP contribution >= 0.6 is 0 Å². The molecular formula is C15H25F3N2O3. The Bertz CT molecular complexity index is 419. The minimum Gasteiger partial charge on any atom is -0.396 e. The third-order valence-corrected chi connectivity index (χ3v) is 4.12. The second-order valence-electron chi connectivity index (χ2n) is 6.10. The fraction of sp³-hybridized carbons (Fsp3) is 0.867. The topological polar surface area (TPSA) is 69.6 Å². The minimum atomic E-state index is -4.85. The summed E-state index contributed by atoms with van der Waals surface area (Å²) in [6.45, 7) is 1.11. The van der Waals surface area contributed by atoms with Gasteiger partial charge in [0, 0.05) is 34.0 Å². The van der Waals surface area contributed by atoms with Gasteiger partial charge in [0.05, 0.1) is 0 Å². The quantitative estimate of drug-likeness (QED) is 0.696. The number of rotatable bonds is 7. The van der Waals surface area contributed by atoms with Crippen molar-refractivity contribution in [3.8, 4) is 0 Å². The zero-order chi connectivity index (χ0) is 18.2. The first-order valence-corrected chi connectivity index (χ1v) is 7.77. The molecule has 0 aromatic carbocycles. The van der Waals surface area contributed by atoms with Gasteiger partial charge in [-0.2, -0.15) is 13.2 Å². The van der Waals surface area contributed by atoms with Crippen LogP contribution in [0, 0.1) is 5.41 Å². The Morgan fingerprint density at radius 2 is 1.91 bits per heavy atom. The van der Waals surface area contributed by atoms with E-state index >= 15 is 0 Å². The molecule has 0 radical (unpaired) electrons. The first-order valence-electron chi connectivity index (χ1n) is 8.48. The summed E-state index contributed by atoms with van der Waals surface area (Å²) < 4.78 is 43.4. The van der Waals surface area contributed by atoms with Crippen molar-refractivity contribution in [3.63, 3.8) is 0 Å². The zero-order valence-electron chi connectivity index (χ0n) is 14.1. The lowest BCUT2D eigenvalue weighted by Gasteiger charge is -2.38. The average Bonchev–Trinajstić information content (AvgIpc) is 2.56. The molecule has 0 spiro atoms. The summed E-state index contributed by atoms with van der Waals surface area (Å²) in [7, 11) is 0. The van der Waals surface area contributed by atoms with Crippen LogP contribution in [0.1, 0.15) is 46.8 Å². The van der Waals surface area contributed by atoms with Gasteiger partial charge in [0.25, 0.3) is 0 Å². The van der Waals surface area contributed by atoms with Crippen molar-refractivity contribution in [2.24, 2.45) is 5.41 Å². The number of carbonyl (C=O) groups is 2. The van der Waals surface area contributed by atoms with Crippen molar-refractivity contribution < 1.29 is 29.2 Å². The van der Waals surface area contributed by atoms with Crippen LogP contribution in [-0.4, -0.2) is 54.2 Å². The molecule has 1 heterocycles. The molecule has 1 rings (SSSR count). The molecule has 2 amide bonds. The maximum absolute atomic E-state index is 12.1. The number of nitrogens with one attached hydrogen (secondary N) is 1. The van der Waals surface area contributed by atoms with Crippen LogP contribution in [0.5, 0.6) is 0 Å². The van der Waals surface area contributed by atoms with Crippen molar-refractivity contribution in [2.75, 3.05) is 26.2 Å². The van der Waals surface area contributed by atoms with E-state index in [1.807, 2.05) is 0 Å². The summed E-state index contributed by atoms with van der Waals surface area (Å²) in [6.07, 6.45) is -1.80. The van der Waals surface area contributed by atoms with Gasteiger partial charge in [0.15, 0.2) is 0 Å². The molecule has 1 aliphatic heterocycles. The van der Waals surface area contributed by atoms with E-state index in [4.69, 9.17) is 1.37 Å². The number of aliphatic hydroxyl groups is 1. The lowest BCUT2D eigenvalue weighted by Crippen LogP contribution is -2.43. The lowest BCUT2D eigenvalue weighted by molar-refractivity contribution is -0.173. The third kappa shape index (κ3) is 6.76. The van der Waals surface area contributed by atoms with Gasteiger partial charge in [-0.15, -0.1) is 0 Å². The number of hydrogen-bond acceptors (Lipinski definition) is 3. The monoisotopic (exact) mass is 339 g/mol. The Morgan fingerprint density at radius 1 is 1.26 bits per heavy atom. The van der Waals surface area contributed by atoms with E-state index in [1.54, 1.807) is 10.2 Å². The Labute approximate surface area is 135 Å². The summed E-state index contributed by atoms with van der Waals surface area (Å²) >= 11 is 0. The zero-order valence-corrected chi connectivity index (χ0v) is 13.1. The second-order valence-corrected chi connectivity index (χ2v) is 6.10. The maximum atomic E-state index is 12.1. The number of amides is 2. The minimum absolute atomic E-state index is 0.00847. The standard InChI is InChI=1S/C15H25F3N2O3/c1-14(11-21)6-9-20(10-7-14)12(22)5-3-2-4-8-19-13(23)15(16,17)18/h21H,2-11H2,1H3,(H,19,23)/i1D. The predicted molar refractivity (Wildman–Crippen MR) is 78.5 cm³/mol. The number of nitrogens with zero attached hydrogens (tertiary/aromatic N) is 1.